The summed E-state index contributed by atoms with van der Waals surface area (Å²) in [7, 11) is -2.14. The second-order valence-electron chi connectivity index (χ2n) is 8.90. The van der Waals surface area contributed by atoms with E-state index in [-0.39, 0.29) is 17.2 Å². The first-order valence-electron chi connectivity index (χ1n) is 9.58. The molecule has 0 aliphatic carbocycles. The van der Waals surface area contributed by atoms with Gasteiger partial charge < -0.3 is 15.3 Å². The van der Waals surface area contributed by atoms with Crippen molar-refractivity contribution >= 4 is 20.1 Å². The van der Waals surface area contributed by atoms with Gasteiger partial charge in [-0.3, -0.25) is 9.59 Å². The molecule has 0 radical (unpaired) electrons. The number of hydrogen-bond acceptors (Lipinski definition) is 4. The molecule has 0 aliphatic rings. The highest BCUT2D eigenvalue weighted by Crippen LogP contribution is 2.38. The van der Waals surface area contributed by atoms with Gasteiger partial charge in [-0.15, -0.1) is 0 Å². The van der Waals surface area contributed by atoms with Crippen LogP contribution in [-0.4, -0.2) is 37.3 Å². The van der Waals surface area contributed by atoms with E-state index in [1.165, 1.54) is 0 Å². The Morgan fingerprint density at radius 2 is 1.74 bits per heavy atom. The lowest BCUT2D eigenvalue weighted by atomic mass is 9.93. The first kappa shape index (κ1) is 23.5. The van der Waals surface area contributed by atoms with Gasteiger partial charge >= 0.3 is 5.97 Å². The molecule has 1 rings (SSSR count). The molecule has 0 aromatic heterocycles. The third-order valence-corrected chi connectivity index (χ3v) is 10.0. The van der Waals surface area contributed by atoms with Crippen LogP contribution >= 0.6 is 0 Å². The van der Waals surface area contributed by atoms with E-state index in [9.17, 15) is 9.59 Å². The molecule has 1 aromatic carbocycles. The standard InChI is InChI=1S/C21H35NO4Si/c1-15(19(22)20(24)25)14-17(23)18(26-27(5,6)21(2,3)4)13-12-16-10-8-7-9-11-16/h7-11,15,18-19H,12-14,22H2,1-6H3,(H,24,25)/t15?,18?,19-/m0/s1. The summed E-state index contributed by atoms with van der Waals surface area (Å²) in [5.41, 5.74) is 6.84. The Morgan fingerprint density at radius 3 is 2.22 bits per heavy atom. The molecule has 5 nitrogen and oxygen atoms in total. The quantitative estimate of drug-likeness (QED) is 0.586. The van der Waals surface area contributed by atoms with Gasteiger partial charge in [-0.25, -0.2) is 0 Å². The van der Waals surface area contributed by atoms with E-state index in [2.05, 4.69) is 33.9 Å². The molecule has 3 N–H and O–H groups in total. The van der Waals surface area contributed by atoms with Crippen molar-refractivity contribution in [2.75, 3.05) is 0 Å². The van der Waals surface area contributed by atoms with Crippen molar-refractivity contribution in [1.82, 2.24) is 0 Å². The summed E-state index contributed by atoms with van der Waals surface area (Å²) in [5.74, 6) is -1.57. The Hall–Kier alpha value is -1.50. The molecule has 152 valence electrons. The van der Waals surface area contributed by atoms with Crippen molar-refractivity contribution in [1.29, 1.82) is 0 Å². The van der Waals surface area contributed by atoms with Crippen LogP contribution in [0.3, 0.4) is 0 Å². The van der Waals surface area contributed by atoms with Crippen LogP contribution < -0.4 is 5.73 Å². The number of benzene rings is 1. The van der Waals surface area contributed by atoms with Crippen LogP contribution in [0.5, 0.6) is 0 Å². The average Bonchev–Trinajstić information content (AvgIpc) is 2.57. The highest BCUT2D eigenvalue weighted by Gasteiger charge is 2.40. The lowest BCUT2D eigenvalue weighted by Gasteiger charge is -2.39. The highest BCUT2D eigenvalue weighted by molar-refractivity contribution is 6.74. The largest absolute Gasteiger partial charge is 0.480 e. The number of carboxylic acid groups (broad SMARTS) is 1. The van der Waals surface area contributed by atoms with E-state index < -0.39 is 32.4 Å². The van der Waals surface area contributed by atoms with E-state index in [1.54, 1.807) is 6.92 Å². The number of nitrogens with two attached hydrogens (primary N) is 1. The van der Waals surface area contributed by atoms with Crippen LogP contribution in [0.25, 0.3) is 0 Å². The lowest BCUT2D eigenvalue weighted by Crippen LogP contribution is -2.47. The first-order valence-corrected chi connectivity index (χ1v) is 12.5. The monoisotopic (exact) mass is 393 g/mol. The third kappa shape index (κ3) is 7.20. The molecule has 0 fully saturated rings. The third-order valence-electron chi connectivity index (χ3n) is 5.56. The fourth-order valence-corrected chi connectivity index (χ4v) is 3.89. The number of carbonyl (C=O) groups is 2. The SMILES string of the molecule is CC(CC(=O)C(CCc1ccccc1)O[Si](C)(C)C(C)(C)C)[C@H](N)C(=O)O. The second-order valence-corrected chi connectivity index (χ2v) is 13.7. The number of ketones is 1. The average molecular weight is 394 g/mol. The topological polar surface area (TPSA) is 89.6 Å². The van der Waals surface area contributed by atoms with Crippen LogP contribution in [0, 0.1) is 5.92 Å². The van der Waals surface area contributed by atoms with E-state index in [0.29, 0.717) is 6.42 Å². The van der Waals surface area contributed by atoms with Crippen LogP contribution in [0.2, 0.25) is 18.1 Å². The van der Waals surface area contributed by atoms with Gasteiger partial charge in [-0.05, 0) is 42.5 Å². The molecule has 3 atom stereocenters. The molecule has 0 aliphatic heterocycles. The summed E-state index contributed by atoms with van der Waals surface area (Å²) < 4.78 is 6.43. The maximum absolute atomic E-state index is 13.0. The van der Waals surface area contributed by atoms with Gasteiger partial charge in [0.1, 0.15) is 12.1 Å². The van der Waals surface area contributed by atoms with Gasteiger partial charge in [0.15, 0.2) is 14.1 Å². The molecule has 0 heterocycles. The van der Waals surface area contributed by atoms with Crippen molar-refractivity contribution in [3.05, 3.63) is 35.9 Å². The van der Waals surface area contributed by atoms with Crippen LogP contribution in [0.4, 0.5) is 0 Å². The van der Waals surface area contributed by atoms with Gasteiger partial charge in [0, 0.05) is 6.42 Å². The normalized spacial score (nSPS) is 15.8. The minimum Gasteiger partial charge on any atom is -0.480 e. The fraction of sp³-hybridized carbons (Fsp3) is 0.619. The number of aliphatic carboxylic acids is 1. The number of carboxylic acids is 1. The predicted molar refractivity (Wildman–Crippen MR) is 111 cm³/mol. The smallest absolute Gasteiger partial charge is 0.320 e. The Bertz CT molecular complexity index is 625. The van der Waals surface area contributed by atoms with Crippen molar-refractivity contribution in [2.24, 2.45) is 11.7 Å². The minimum absolute atomic E-state index is 0.0125. The van der Waals surface area contributed by atoms with E-state index in [0.717, 1.165) is 12.0 Å². The minimum atomic E-state index is -2.14. The molecule has 0 saturated carbocycles. The molecular weight excluding hydrogens is 358 g/mol. The molecule has 2 unspecified atom stereocenters. The molecule has 0 saturated heterocycles. The van der Waals surface area contributed by atoms with Gasteiger partial charge in [0.2, 0.25) is 0 Å². The predicted octanol–water partition coefficient (Wildman–Crippen LogP) is 4.02. The number of aryl methyl sites for hydroxylation is 1. The zero-order valence-electron chi connectivity index (χ0n) is 17.5. The second kappa shape index (κ2) is 9.62. The number of carbonyl (C=O) groups excluding carboxylic acids is 1. The highest BCUT2D eigenvalue weighted by atomic mass is 28.4. The van der Waals surface area contributed by atoms with Crippen LogP contribution in [0.1, 0.15) is 46.1 Å². The van der Waals surface area contributed by atoms with Crippen molar-refractivity contribution in [3.63, 3.8) is 0 Å². The number of Topliss-reactive ketones (excluding diaryl/α,β-unsaturated/α-hetero) is 1. The van der Waals surface area contributed by atoms with Gasteiger partial charge in [-0.1, -0.05) is 58.0 Å². The number of hydrogen-bond donors (Lipinski definition) is 2. The van der Waals surface area contributed by atoms with Crippen molar-refractivity contribution in [3.8, 4) is 0 Å². The van der Waals surface area contributed by atoms with Crippen LogP contribution in [0.15, 0.2) is 30.3 Å². The summed E-state index contributed by atoms with van der Waals surface area (Å²) >= 11 is 0. The Balaban J connectivity index is 2.91. The molecule has 0 amide bonds. The Kier molecular flexibility index (Phi) is 8.39. The molecule has 1 aromatic rings. The molecule has 0 bridgehead atoms. The van der Waals surface area contributed by atoms with Gasteiger partial charge in [-0.2, -0.15) is 0 Å². The van der Waals surface area contributed by atoms with E-state index >= 15 is 0 Å². The number of rotatable bonds is 10. The van der Waals surface area contributed by atoms with Gasteiger partial charge in [0.25, 0.3) is 0 Å². The summed E-state index contributed by atoms with van der Waals surface area (Å²) in [6.07, 6.45) is 0.909. The molecule has 6 heteroatoms. The zero-order valence-corrected chi connectivity index (χ0v) is 18.5. The zero-order chi connectivity index (χ0) is 20.8. The van der Waals surface area contributed by atoms with Crippen molar-refractivity contribution in [2.45, 2.75) is 77.2 Å². The maximum Gasteiger partial charge on any atom is 0.320 e. The van der Waals surface area contributed by atoms with Crippen LogP contribution in [-0.2, 0) is 20.4 Å². The fourth-order valence-electron chi connectivity index (χ4n) is 2.58. The van der Waals surface area contributed by atoms with Gasteiger partial charge in [0.05, 0.1) is 0 Å². The maximum atomic E-state index is 13.0. The van der Waals surface area contributed by atoms with E-state index in [4.69, 9.17) is 15.3 Å². The summed E-state index contributed by atoms with van der Waals surface area (Å²) in [6.45, 7) is 12.4. The summed E-state index contributed by atoms with van der Waals surface area (Å²) in [5, 5.41) is 9.08. The Labute approximate surface area is 164 Å². The summed E-state index contributed by atoms with van der Waals surface area (Å²) in [4.78, 5) is 24.1. The summed E-state index contributed by atoms with van der Waals surface area (Å²) in [6, 6.07) is 8.96. The molecule has 27 heavy (non-hydrogen) atoms. The lowest BCUT2D eigenvalue weighted by molar-refractivity contribution is -0.140. The molecule has 0 spiro atoms. The Morgan fingerprint density at radius 1 is 1.19 bits per heavy atom. The first-order chi connectivity index (χ1) is 12.3. The van der Waals surface area contributed by atoms with E-state index in [1.807, 2.05) is 30.3 Å². The van der Waals surface area contributed by atoms with Crippen molar-refractivity contribution < 1.29 is 19.1 Å². The molecular formula is C21H35NO4Si.